The molecule has 1 amide bonds. The summed E-state index contributed by atoms with van der Waals surface area (Å²) in [7, 11) is -4.02. The molecule has 1 aromatic carbocycles. The first-order valence-electron chi connectivity index (χ1n) is 10.00. The normalized spacial score (nSPS) is 14.5. The summed E-state index contributed by atoms with van der Waals surface area (Å²) in [6, 6.07) is 5.39. The number of anilines is 1. The van der Waals surface area contributed by atoms with Gasteiger partial charge in [-0.15, -0.1) is 11.3 Å². The standard InChI is InChI=1S/C21H23FN4O4S2/c1-14-3-4-16(22)9-18(14)24-32(28,29)17-10-19(21-23-15(2)13-31-21)26(11-17)12-20(27)25-5-7-30-8-6-25/h3-4,9-11,13,24H,5-8,12H2,1-2H3. The van der Waals surface area contributed by atoms with Crippen molar-refractivity contribution in [3.63, 3.8) is 0 Å². The Morgan fingerprint density at radius 1 is 1.25 bits per heavy atom. The maximum Gasteiger partial charge on any atom is 0.263 e. The lowest BCUT2D eigenvalue weighted by Gasteiger charge is -2.27. The van der Waals surface area contributed by atoms with E-state index in [-0.39, 0.29) is 23.0 Å². The van der Waals surface area contributed by atoms with Crippen LogP contribution in [0.4, 0.5) is 10.1 Å². The number of morpholine rings is 1. The summed E-state index contributed by atoms with van der Waals surface area (Å²) in [6.45, 7) is 5.46. The number of nitrogens with one attached hydrogen (secondary N) is 1. The predicted molar refractivity (Wildman–Crippen MR) is 120 cm³/mol. The topological polar surface area (TPSA) is 93.5 Å². The van der Waals surface area contributed by atoms with Crippen molar-refractivity contribution in [1.29, 1.82) is 0 Å². The molecule has 1 aliphatic heterocycles. The second kappa shape index (κ2) is 9.00. The Bertz CT molecular complexity index is 1250. The van der Waals surface area contributed by atoms with Crippen molar-refractivity contribution in [2.24, 2.45) is 0 Å². The van der Waals surface area contributed by atoms with Crippen molar-refractivity contribution in [3.05, 3.63) is 52.9 Å². The molecule has 1 saturated heterocycles. The van der Waals surface area contributed by atoms with Crippen molar-refractivity contribution in [2.75, 3.05) is 31.0 Å². The second-order valence-corrected chi connectivity index (χ2v) is 10.1. The van der Waals surface area contributed by atoms with E-state index in [1.807, 2.05) is 12.3 Å². The highest BCUT2D eigenvalue weighted by molar-refractivity contribution is 7.92. The summed E-state index contributed by atoms with van der Waals surface area (Å²) < 4.78 is 49.1. The Morgan fingerprint density at radius 2 is 2.00 bits per heavy atom. The van der Waals surface area contributed by atoms with Crippen LogP contribution in [0.5, 0.6) is 0 Å². The van der Waals surface area contributed by atoms with Crippen molar-refractivity contribution in [1.82, 2.24) is 14.5 Å². The van der Waals surface area contributed by atoms with Crippen molar-refractivity contribution >= 4 is 33.0 Å². The summed E-state index contributed by atoms with van der Waals surface area (Å²) >= 11 is 1.37. The van der Waals surface area contributed by atoms with Crippen LogP contribution in [0.25, 0.3) is 10.7 Å². The Balaban J connectivity index is 1.68. The molecule has 3 aromatic rings. The molecule has 0 unspecified atom stereocenters. The lowest BCUT2D eigenvalue weighted by Crippen LogP contribution is -2.42. The third-order valence-electron chi connectivity index (χ3n) is 5.13. The molecule has 1 fully saturated rings. The third-order valence-corrected chi connectivity index (χ3v) is 7.45. The third kappa shape index (κ3) is 4.84. The Labute approximate surface area is 189 Å². The average Bonchev–Trinajstić information content (AvgIpc) is 3.38. The number of carbonyl (C=O) groups is 1. The minimum absolute atomic E-state index is 0.0253. The molecule has 1 N–H and O–H groups in total. The van der Waals surface area contributed by atoms with E-state index in [0.29, 0.717) is 42.6 Å². The average molecular weight is 479 g/mol. The molecule has 8 nitrogen and oxygen atoms in total. The second-order valence-electron chi connectivity index (χ2n) is 7.54. The summed E-state index contributed by atoms with van der Waals surface area (Å²) in [6.07, 6.45) is 1.42. The molecular formula is C21H23FN4O4S2. The molecule has 0 aliphatic carbocycles. The summed E-state index contributed by atoms with van der Waals surface area (Å²) in [4.78, 5) is 18.9. The molecule has 0 spiro atoms. The van der Waals surface area contributed by atoms with Gasteiger partial charge in [-0.1, -0.05) is 6.07 Å². The molecular weight excluding hydrogens is 455 g/mol. The molecule has 11 heteroatoms. The van der Waals surface area contributed by atoms with Gasteiger partial charge in [-0.3, -0.25) is 9.52 Å². The minimum Gasteiger partial charge on any atom is -0.378 e. The van der Waals surface area contributed by atoms with E-state index < -0.39 is 15.8 Å². The van der Waals surface area contributed by atoms with Crippen molar-refractivity contribution in [2.45, 2.75) is 25.3 Å². The van der Waals surface area contributed by atoms with Crippen LogP contribution < -0.4 is 4.72 Å². The number of carbonyl (C=O) groups excluding carboxylic acids is 1. The number of aryl methyl sites for hydroxylation is 2. The molecule has 0 atom stereocenters. The molecule has 2 aromatic heterocycles. The zero-order valence-corrected chi connectivity index (χ0v) is 19.3. The van der Waals surface area contributed by atoms with Gasteiger partial charge in [-0.05, 0) is 37.6 Å². The molecule has 1 aliphatic rings. The Kier molecular flexibility index (Phi) is 6.31. The van der Waals surface area contributed by atoms with Crippen LogP contribution in [0.15, 0.2) is 40.7 Å². The number of sulfonamides is 1. The summed E-state index contributed by atoms with van der Waals surface area (Å²) in [5, 5.41) is 2.47. The highest BCUT2D eigenvalue weighted by Gasteiger charge is 2.24. The highest BCUT2D eigenvalue weighted by atomic mass is 32.2. The van der Waals surface area contributed by atoms with Gasteiger partial charge in [0.2, 0.25) is 5.91 Å². The fourth-order valence-electron chi connectivity index (χ4n) is 3.38. The largest absolute Gasteiger partial charge is 0.378 e. The predicted octanol–water partition coefficient (Wildman–Crippen LogP) is 3.03. The first kappa shape index (κ1) is 22.4. The van der Waals surface area contributed by atoms with Crippen molar-refractivity contribution < 1.29 is 22.3 Å². The first-order valence-corrected chi connectivity index (χ1v) is 12.4. The number of ether oxygens (including phenoxy) is 1. The van der Waals surface area contributed by atoms with E-state index in [1.54, 1.807) is 16.4 Å². The molecule has 170 valence electrons. The lowest BCUT2D eigenvalue weighted by molar-refractivity contribution is -0.135. The Hall–Kier alpha value is -2.76. The maximum atomic E-state index is 13.6. The molecule has 0 saturated carbocycles. The van der Waals surface area contributed by atoms with Gasteiger partial charge in [-0.25, -0.2) is 17.8 Å². The van der Waals surface area contributed by atoms with Crippen LogP contribution >= 0.6 is 11.3 Å². The van der Waals surface area contributed by atoms with Gasteiger partial charge in [0.25, 0.3) is 10.0 Å². The number of rotatable bonds is 6. The summed E-state index contributed by atoms with van der Waals surface area (Å²) in [5.74, 6) is -0.669. The van der Waals surface area contributed by atoms with Crippen LogP contribution in [0.3, 0.4) is 0 Å². The minimum atomic E-state index is -4.02. The van der Waals surface area contributed by atoms with E-state index in [1.165, 1.54) is 35.7 Å². The van der Waals surface area contributed by atoms with Crippen LogP contribution in [-0.2, 0) is 26.1 Å². The van der Waals surface area contributed by atoms with Gasteiger partial charge >= 0.3 is 0 Å². The number of thiazole rings is 1. The van der Waals surface area contributed by atoms with E-state index >= 15 is 0 Å². The molecule has 32 heavy (non-hydrogen) atoms. The van der Waals surface area contributed by atoms with Gasteiger partial charge < -0.3 is 14.2 Å². The van der Waals surface area contributed by atoms with Gasteiger partial charge in [0.05, 0.1) is 24.6 Å². The number of halogens is 1. The van der Waals surface area contributed by atoms with Gasteiger partial charge in [0.15, 0.2) is 0 Å². The number of nitrogens with zero attached hydrogens (tertiary/aromatic N) is 3. The number of aromatic nitrogens is 2. The Morgan fingerprint density at radius 3 is 2.69 bits per heavy atom. The van der Waals surface area contributed by atoms with E-state index in [9.17, 15) is 17.6 Å². The van der Waals surface area contributed by atoms with Gasteiger partial charge in [0.1, 0.15) is 22.3 Å². The number of hydrogen-bond donors (Lipinski definition) is 1. The fraction of sp³-hybridized carbons (Fsp3) is 0.333. The summed E-state index contributed by atoms with van der Waals surface area (Å²) in [5.41, 5.74) is 2.08. The lowest BCUT2D eigenvalue weighted by atomic mass is 10.2. The van der Waals surface area contributed by atoms with Gasteiger partial charge in [0, 0.05) is 30.4 Å². The zero-order valence-electron chi connectivity index (χ0n) is 17.7. The van der Waals surface area contributed by atoms with Crippen LogP contribution in [-0.4, -0.2) is 55.1 Å². The quantitative estimate of drug-likeness (QED) is 0.588. The fourth-order valence-corrected chi connectivity index (χ4v) is 5.37. The van der Waals surface area contributed by atoms with E-state index in [0.717, 1.165) is 11.8 Å². The van der Waals surface area contributed by atoms with Gasteiger partial charge in [-0.2, -0.15) is 0 Å². The molecule has 0 radical (unpaired) electrons. The van der Waals surface area contributed by atoms with Crippen molar-refractivity contribution in [3.8, 4) is 10.7 Å². The number of benzene rings is 1. The van der Waals surface area contributed by atoms with Crippen LogP contribution in [0.1, 0.15) is 11.3 Å². The molecule has 4 rings (SSSR count). The van der Waals surface area contributed by atoms with E-state index in [2.05, 4.69) is 9.71 Å². The first-order chi connectivity index (χ1) is 15.2. The smallest absolute Gasteiger partial charge is 0.263 e. The van der Waals surface area contributed by atoms with Crippen LogP contribution in [0.2, 0.25) is 0 Å². The monoisotopic (exact) mass is 478 g/mol. The molecule has 3 heterocycles. The van der Waals surface area contributed by atoms with E-state index in [4.69, 9.17) is 4.74 Å². The molecule has 0 bridgehead atoms. The number of amides is 1. The SMILES string of the molecule is Cc1csc(-c2cc(S(=O)(=O)Nc3cc(F)ccc3C)cn2CC(=O)N2CCOCC2)n1. The maximum absolute atomic E-state index is 13.6. The highest BCUT2D eigenvalue weighted by Crippen LogP contribution is 2.29. The zero-order chi connectivity index (χ0) is 22.9. The number of hydrogen-bond acceptors (Lipinski definition) is 6. The van der Waals surface area contributed by atoms with Crippen LogP contribution in [0, 0.1) is 19.7 Å².